The van der Waals surface area contributed by atoms with Crippen molar-refractivity contribution >= 4 is 30.1 Å². The maximum absolute atomic E-state index is 12.4. The van der Waals surface area contributed by atoms with E-state index in [1.807, 2.05) is 11.0 Å². The van der Waals surface area contributed by atoms with Gasteiger partial charge in [-0.1, -0.05) is 54.6 Å². The number of amides is 1. The third-order valence-electron chi connectivity index (χ3n) is 6.88. The first-order chi connectivity index (χ1) is 13.8. The van der Waals surface area contributed by atoms with Crippen LogP contribution in [-0.4, -0.2) is 37.0 Å². The predicted octanol–water partition coefficient (Wildman–Crippen LogP) is 4.84. The van der Waals surface area contributed by atoms with Crippen molar-refractivity contribution in [1.29, 1.82) is 0 Å². The van der Waals surface area contributed by atoms with E-state index in [2.05, 4.69) is 59.5 Å². The van der Waals surface area contributed by atoms with E-state index >= 15 is 0 Å². The molecule has 1 spiro atoms. The predicted molar refractivity (Wildman–Crippen MR) is 122 cm³/mol. The minimum absolute atomic E-state index is 0. The molecule has 0 atom stereocenters. The fourth-order valence-electron chi connectivity index (χ4n) is 5.24. The minimum Gasteiger partial charge on any atom is -0.312 e. The van der Waals surface area contributed by atoms with Crippen LogP contribution >= 0.6 is 12.4 Å². The van der Waals surface area contributed by atoms with E-state index in [1.54, 1.807) is 0 Å². The van der Waals surface area contributed by atoms with Gasteiger partial charge in [-0.25, -0.2) is 0 Å². The molecule has 1 saturated heterocycles. The summed E-state index contributed by atoms with van der Waals surface area (Å²) in [4.78, 5) is 17.0. The maximum atomic E-state index is 12.4. The second-order valence-corrected chi connectivity index (χ2v) is 8.45. The third-order valence-corrected chi connectivity index (χ3v) is 6.88. The molecule has 2 heterocycles. The van der Waals surface area contributed by atoms with E-state index in [0.717, 1.165) is 44.7 Å². The molecule has 3 aliphatic rings. The van der Waals surface area contributed by atoms with Gasteiger partial charge in [-0.3, -0.25) is 4.79 Å². The van der Waals surface area contributed by atoms with Crippen LogP contribution in [0.4, 0.5) is 5.69 Å². The SMILES string of the molecule is Cl.O=C1CCc2ccccc2N1CCCN1CCC2(C=Cc3ccccc32)CC1. The van der Waals surface area contributed by atoms with Crippen LogP contribution in [0.5, 0.6) is 0 Å². The van der Waals surface area contributed by atoms with Crippen molar-refractivity contribution in [2.24, 2.45) is 0 Å². The highest BCUT2D eigenvalue weighted by atomic mass is 35.5. The summed E-state index contributed by atoms with van der Waals surface area (Å²) in [5.41, 5.74) is 5.62. The first-order valence-corrected chi connectivity index (χ1v) is 10.6. The van der Waals surface area contributed by atoms with Crippen molar-refractivity contribution < 1.29 is 4.79 Å². The topological polar surface area (TPSA) is 23.6 Å². The molecule has 2 aromatic rings. The summed E-state index contributed by atoms with van der Waals surface area (Å²) in [5, 5.41) is 0. The van der Waals surface area contributed by atoms with E-state index < -0.39 is 0 Å². The number of para-hydroxylation sites is 1. The first-order valence-electron chi connectivity index (χ1n) is 10.6. The Kier molecular flexibility index (Phi) is 5.80. The summed E-state index contributed by atoms with van der Waals surface area (Å²) in [6.45, 7) is 4.19. The number of anilines is 1. The number of piperidine rings is 1. The second-order valence-electron chi connectivity index (χ2n) is 8.45. The zero-order valence-corrected chi connectivity index (χ0v) is 17.7. The number of fused-ring (bicyclic) bond motifs is 3. The fourth-order valence-corrected chi connectivity index (χ4v) is 5.24. The summed E-state index contributed by atoms with van der Waals surface area (Å²) >= 11 is 0. The van der Waals surface area contributed by atoms with Crippen molar-refractivity contribution in [2.75, 3.05) is 31.1 Å². The van der Waals surface area contributed by atoms with Gasteiger partial charge in [-0.05, 0) is 68.1 Å². The van der Waals surface area contributed by atoms with Crippen molar-refractivity contribution in [3.8, 4) is 0 Å². The molecule has 2 aliphatic heterocycles. The van der Waals surface area contributed by atoms with Gasteiger partial charge in [0.25, 0.3) is 0 Å². The molecule has 0 radical (unpaired) electrons. The van der Waals surface area contributed by atoms with Crippen LogP contribution in [0.3, 0.4) is 0 Å². The number of benzene rings is 2. The highest BCUT2D eigenvalue weighted by Gasteiger charge is 2.37. The molecule has 1 fully saturated rings. The van der Waals surface area contributed by atoms with Crippen LogP contribution in [0.1, 0.15) is 42.4 Å². The smallest absolute Gasteiger partial charge is 0.227 e. The lowest BCUT2D eigenvalue weighted by Gasteiger charge is -2.39. The number of halogens is 1. The molecule has 1 aliphatic carbocycles. The largest absolute Gasteiger partial charge is 0.312 e. The van der Waals surface area contributed by atoms with E-state index in [1.165, 1.54) is 29.5 Å². The van der Waals surface area contributed by atoms with E-state index in [9.17, 15) is 4.79 Å². The lowest BCUT2D eigenvalue weighted by atomic mass is 9.74. The zero-order chi connectivity index (χ0) is 19.0. The first kappa shape index (κ1) is 20.2. The highest BCUT2D eigenvalue weighted by Crippen LogP contribution is 2.43. The molecule has 29 heavy (non-hydrogen) atoms. The Hall–Kier alpha value is -2.10. The quantitative estimate of drug-likeness (QED) is 0.722. The Morgan fingerprint density at radius 2 is 1.66 bits per heavy atom. The van der Waals surface area contributed by atoms with Crippen LogP contribution < -0.4 is 4.90 Å². The number of rotatable bonds is 4. The van der Waals surface area contributed by atoms with Crippen molar-refractivity contribution in [1.82, 2.24) is 4.90 Å². The van der Waals surface area contributed by atoms with Crippen LogP contribution in [0, 0.1) is 0 Å². The summed E-state index contributed by atoms with van der Waals surface area (Å²) < 4.78 is 0. The van der Waals surface area contributed by atoms with Gasteiger partial charge in [0.2, 0.25) is 5.91 Å². The molecular weight excluding hydrogens is 380 g/mol. The van der Waals surface area contributed by atoms with Crippen molar-refractivity contribution in [2.45, 2.75) is 37.5 Å². The number of allylic oxidation sites excluding steroid dienone is 1. The maximum Gasteiger partial charge on any atom is 0.227 e. The molecular formula is C25H29ClN2O. The number of carbonyl (C=O) groups excluding carboxylic acids is 1. The van der Waals surface area contributed by atoms with Gasteiger partial charge < -0.3 is 9.80 Å². The van der Waals surface area contributed by atoms with Crippen LogP contribution in [-0.2, 0) is 16.6 Å². The molecule has 3 nitrogen and oxygen atoms in total. The molecule has 0 aromatic heterocycles. The third kappa shape index (κ3) is 3.74. The Morgan fingerprint density at radius 1 is 0.897 bits per heavy atom. The molecule has 0 saturated carbocycles. The minimum atomic E-state index is 0. The summed E-state index contributed by atoms with van der Waals surface area (Å²) in [5.74, 6) is 0.281. The standard InChI is InChI=1S/C25H28N2O.ClH/c28-24-11-10-21-7-2-4-9-23(21)27(24)17-5-16-26-18-14-25(15-19-26)13-12-20-6-1-3-8-22(20)25;/h1-4,6-9,12-13H,5,10-11,14-19H2;1H. The van der Waals surface area contributed by atoms with Gasteiger partial charge in [0, 0.05) is 24.1 Å². The number of aryl methyl sites for hydroxylation is 1. The van der Waals surface area contributed by atoms with E-state index in [4.69, 9.17) is 0 Å². The highest BCUT2D eigenvalue weighted by molar-refractivity contribution is 5.96. The Balaban J connectivity index is 0.00000205. The zero-order valence-electron chi connectivity index (χ0n) is 16.8. The van der Waals surface area contributed by atoms with Gasteiger partial charge in [0.15, 0.2) is 0 Å². The van der Waals surface area contributed by atoms with Crippen LogP contribution in [0.15, 0.2) is 54.6 Å². The lowest BCUT2D eigenvalue weighted by Crippen LogP contribution is -2.42. The average Bonchev–Trinajstić information content (AvgIpc) is 3.10. The summed E-state index contributed by atoms with van der Waals surface area (Å²) in [6, 6.07) is 17.2. The Morgan fingerprint density at radius 3 is 2.52 bits per heavy atom. The Bertz CT molecular complexity index is 915. The van der Waals surface area contributed by atoms with Gasteiger partial charge in [0.1, 0.15) is 0 Å². The summed E-state index contributed by atoms with van der Waals surface area (Å²) in [6.07, 6.45) is 9.73. The van der Waals surface area contributed by atoms with Gasteiger partial charge >= 0.3 is 0 Å². The van der Waals surface area contributed by atoms with Crippen molar-refractivity contribution in [3.63, 3.8) is 0 Å². The van der Waals surface area contributed by atoms with Crippen LogP contribution in [0.2, 0.25) is 0 Å². The van der Waals surface area contributed by atoms with Gasteiger partial charge in [-0.15, -0.1) is 12.4 Å². The van der Waals surface area contributed by atoms with E-state index in [0.29, 0.717) is 6.42 Å². The normalized spacial score (nSPS) is 19.7. The number of hydrogen-bond donors (Lipinski definition) is 0. The molecule has 4 heteroatoms. The van der Waals surface area contributed by atoms with Crippen molar-refractivity contribution in [3.05, 3.63) is 71.3 Å². The molecule has 152 valence electrons. The average molecular weight is 409 g/mol. The molecule has 0 unspecified atom stereocenters. The number of carbonyl (C=O) groups is 1. The lowest BCUT2D eigenvalue weighted by molar-refractivity contribution is -0.118. The number of likely N-dealkylation sites (tertiary alicyclic amines) is 1. The van der Waals surface area contributed by atoms with E-state index in [-0.39, 0.29) is 23.7 Å². The number of nitrogens with zero attached hydrogens (tertiary/aromatic N) is 2. The summed E-state index contributed by atoms with van der Waals surface area (Å²) in [7, 11) is 0. The molecule has 5 rings (SSSR count). The molecule has 0 N–H and O–H groups in total. The number of hydrogen-bond acceptors (Lipinski definition) is 2. The molecule has 1 amide bonds. The Labute approximate surface area is 179 Å². The molecule has 0 bridgehead atoms. The second kappa shape index (κ2) is 8.33. The van der Waals surface area contributed by atoms with Gasteiger partial charge in [-0.2, -0.15) is 0 Å². The van der Waals surface area contributed by atoms with Crippen LogP contribution in [0.25, 0.3) is 6.08 Å². The monoisotopic (exact) mass is 408 g/mol. The van der Waals surface area contributed by atoms with Gasteiger partial charge in [0.05, 0.1) is 0 Å². The fraction of sp³-hybridized carbons (Fsp3) is 0.400. The molecule has 2 aromatic carbocycles.